The van der Waals surface area contributed by atoms with E-state index in [4.69, 9.17) is 0 Å². The van der Waals surface area contributed by atoms with Crippen molar-refractivity contribution in [2.75, 3.05) is 26.7 Å². The Balaban J connectivity index is 1.20. The fourth-order valence-electron chi connectivity index (χ4n) is 6.32. The number of nitrogens with one attached hydrogen (secondary N) is 3. The molecule has 5 rings (SSSR count). The van der Waals surface area contributed by atoms with Gasteiger partial charge in [0, 0.05) is 44.9 Å². The Hall–Kier alpha value is -3.69. The fourth-order valence-corrected chi connectivity index (χ4v) is 6.32. The lowest BCUT2D eigenvalue weighted by molar-refractivity contribution is -0.150. The van der Waals surface area contributed by atoms with Crippen LogP contribution >= 0.6 is 0 Å². The third-order valence-electron chi connectivity index (χ3n) is 8.26. The van der Waals surface area contributed by atoms with E-state index in [2.05, 4.69) is 15.6 Å². The minimum Gasteiger partial charge on any atom is -0.357 e. The van der Waals surface area contributed by atoms with Gasteiger partial charge >= 0.3 is 0 Å². The molecule has 4 atom stereocenters. The molecular formula is C28H34FN5O4. The van der Waals surface area contributed by atoms with Crippen molar-refractivity contribution in [3.8, 4) is 0 Å². The molecule has 3 heterocycles. The molecule has 2 aliphatic heterocycles. The van der Waals surface area contributed by atoms with Crippen molar-refractivity contribution in [2.24, 2.45) is 5.92 Å². The number of H-pyrrole nitrogens is 1. The molecule has 10 heteroatoms. The van der Waals surface area contributed by atoms with E-state index < -0.39 is 18.3 Å². The molecule has 0 spiro atoms. The minimum absolute atomic E-state index is 0.00984. The van der Waals surface area contributed by atoms with Crippen molar-refractivity contribution in [3.63, 3.8) is 0 Å². The van der Waals surface area contributed by atoms with Crippen molar-refractivity contribution in [3.05, 3.63) is 59.4 Å². The number of halogens is 1. The first-order valence-corrected chi connectivity index (χ1v) is 13.3. The van der Waals surface area contributed by atoms with Gasteiger partial charge in [-0.15, -0.1) is 0 Å². The third-order valence-corrected chi connectivity index (χ3v) is 8.26. The van der Waals surface area contributed by atoms with E-state index in [-0.39, 0.29) is 48.4 Å². The molecule has 2 bridgehead atoms. The van der Waals surface area contributed by atoms with E-state index in [1.807, 2.05) is 23.1 Å². The smallest absolute Gasteiger partial charge is 0.267 e. The van der Waals surface area contributed by atoms with Crippen LogP contribution in [0.1, 0.15) is 64.4 Å². The molecule has 1 saturated carbocycles. The van der Waals surface area contributed by atoms with Gasteiger partial charge in [-0.25, -0.2) is 4.39 Å². The van der Waals surface area contributed by atoms with Gasteiger partial charge in [0.25, 0.3) is 11.8 Å². The zero-order valence-corrected chi connectivity index (χ0v) is 21.5. The number of piperidine rings is 2. The maximum atomic E-state index is 14.7. The number of rotatable bonds is 7. The van der Waals surface area contributed by atoms with Gasteiger partial charge in [-0.3, -0.25) is 19.2 Å². The average Bonchev–Trinajstić information content (AvgIpc) is 3.69. The molecule has 2 unspecified atom stereocenters. The summed E-state index contributed by atoms with van der Waals surface area (Å²) in [6.45, 7) is 1.21. The van der Waals surface area contributed by atoms with E-state index in [0.717, 1.165) is 18.4 Å². The third kappa shape index (κ3) is 5.04. The first-order chi connectivity index (χ1) is 18.4. The Bertz CT molecular complexity index is 1190. The largest absolute Gasteiger partial charge is 0.357 e. The van der Waals surface area contributed by atoms with Gasteiger partial charge in [0.15, 0.2) is 0 Å². The molecule has 4 amide bonds. The van der Waals surface area contributed by atoms with Crippen LogP contribution in [0, 0.1) is 5.92 Å². The second-order valence-corrected chi connectivity index (χ2v) is 10.5. The summed E-state index contributed by atoms with van der Waals surface area (Å²) < 4.78 is 14.7. The lowest BCUT2D eigenvalue weighted by atomic mass is 9.87. The molecule has 2 saturated heterocycles. The van der Waals surface area contributed by atoms with Crippen molar-refractivity contribution in [1.29, 1.82) is 0 Å². The first kappa shape index (κ1) is 25.9. The standard InChI is InChI=1S/C28H34FN5O4/c1-30-26(36)19-5-2-4-18(14-19)17-8-12-33(13-9-17)28(38)25-20-15-21(29)23(16-20)34(25)24(35)7-11-32-27(37)22-6-3-10-31-22/h2-6,10,14,17,20-21,23,25,31H,7-9,11-13,15-16H2,1H3,(H,30,36)(H,32,37)/t20?,21-,23?,25+/m0/s1. The summed E-state index contributed by atoms with van der Waals surface area (Å²) in [6, 6.07) is 9.71. The Morgan fingerprint density at radius 1 is 1.05 bits per heavy atom. The lowest BCUT2D eigenvalue weighted by Crippen LogP contribution is -2.57. The first-order valence-electron chi connectivity index (χ1n) is 13.3. The van der Waals surface area contributed by atoms with Crippen LogP contribution in [0.2, 0.25) is 0 Å². The molecule has 2 aromatic rings. The van der Waals surface area contributed by atoms with Gasteiger partial charge in [0.05, 0.1) is 6.04 Å². The number of likely N-dealkylation sites (tertiary alicyclic amines) is 2. The summed E-state index contributed by atoms with van der Waals surface area (Å²) in [5, 5.41) is 5.35. The van der Waals surface area contributed by atoms with Crippen LogP contribution in [0.3, 0.4) is 0 Å². The minimum atomic E-state index is -1.13. The number of carbonyl (C=O) groups excluding carboxylic acids is 4. The van der Waals surface area contributed by atoms with Crippen molar-refractivity contribution >= 4 is 23.6 Å². The second-order valence-electron chi connectivity index (χ2n) is 10.5. The topological polar surface area (TPSA) is 115 Å². The Labute approximate surface area is 221 Å². The highest BCUT2D eigenvalue weighted by Crippen LogP contribution is 2.45. The van der Waals surface area contributed by atoms with Gasteiger partial charge in [-0.2, -0.15) is 0 Å². The van der Waals surface area contributed by atoms with E-state index in [9.17, 15) is 23.6 Å². The summed E-state index contributed by atoms with van der Waals surface area (Å²) in [4.78, 5) is 57.1. The van der Waals surface area contributed by atoms with Crippen LogP contribution in [-0.2, 0) is 9.59 Å². The lowest BCUT2D eigenvalue weighted by Gasteiger charge is -2.40. The molecule has 38 heavy (non-hydrogen) atoms. The predicted molar refractivity (Wildman–Crippen MR) is 138 cm³/mol. The number of fused-ring (bicyclic) bond motifs is 2. The van der Waals surface area contributed by atoms with E-state index in [1.54, 1.807) is 31.4 Å². The zero-order chi connectivity index (χ0) is 26.8. The van der Waals surface area contributed by atoms with E-state index >= 15 is 0 Å². The average molecular weight is 524 g/mol. The number of aromatic amines is 1. The second kappa shape index (κ2) is 11.0. The molecular weight excluding hydrogens is 489 g/mol. The van der Waals surface area contributed by atoms with E-state index in [0.29, 0.717) is 37.2 Å². The van der Waals surface area contributed by atoms with Crippen LogP contribution < -0.4 is 10.6 Å². The molecule has 1 aliphatic carbocycles. The number of hydrogen-bond donors (Lipinski definition) is 3. The Morgan fingerprint density at radius 3 is 2.55 bits per heavy atom. The monoisotopic (exact) mass is 523 g/mol. The molecule has 202 valence electrons. The summed E-state index contributed by atoms with van der Waals surface area (Å²) >= 11 is 0. The van der Waals surface area contributed by atoms with Crippen molar-refractivity contribution < 1.29 is 23.6 Å². The highest BCUT2D eigenvalue weighted by molar-refractivity contribution is 5.94. The summed E-state index contributed by atoms with van der Waals surface area (Å²) in [5.74, 6) is -0.792. The van der Waals surface area contributed by atoms with Gasteiger partial charge in [0.2, 0.25) is 11.8 Å². The predicted octanol–water partition coefficient (Wildman–Crippen LogP) is 2.23. The number of alkyl halides is 1. The molecule has 1 aromatic heterocycles. The quantitative estimate of drug-likeness (QED) is 0.516. The Morgan fingerprint density at radius 2 is 1.84 bits per heavy atom. The summed E-state index contributed by atoms with van der Waals surface area (Å²) in [5.41, 5.74) is 2.10. The molecule has 1 aromatic carbocycles. The Kier molecular flexibility index (Phi) is 7.49. The van der Waals surface area contributed by atoms with Crippen LogP contribution in [0.25, 0.3) is 0 Å². The van der Waals surface area contributed by atoms with Crippen LogP contribution in [-0.4, -0.2) is 83.3 Å². The number of benzene rings is 1. The molecule has 3 fully saturated rings. The maximum Gasteiger partial charge on any atom is 0.267 e. The van der Waals surface area contributed by atoms with Gasteiger partial charge < -0.3 is 25.4 Å². The number of aromatic nitrogens is 1. The van der Waals surface area contributed by atoms with Gasteiger partial charge in [-0.05, 0) is 67.3 Å². The highest BCUT2D eigenvalue weighted by atomic mass is 19.1. The highest BCUT2D eigenvalue weighted by Gasteiger charge is 2.56. The number of carbonyl (C=O) groups is 4. The number of hydrogen-bond acceptors (Lipinski definition) is 4. The molecule has 9 nitrogen and oxygen atoms in total. The molecule has 0 radical (unpaired) electrons. The summed E-state index contributed by atoms with van der Waals surface area (Å²) in [7, 11) is 1.60. The van der Waals surface area contributed by atoms with Crippen LogP contribution in [0.4, 0.5) is 4.39 Å². The van der Waals surface area contributed by atoms with Gasteiger partial charge in [-0.1, -0.05) is 12.1 Å². The SMILES string of the molecule is CNC(=O)c1cccc(C2CCN(C(=O)[C@H]3C4CC([C@@H](F)C4)N3C(=O)CCNC(=O)c3ccc[nH]3)CC2)c1. The number of nitrogens with zero attached hydrogens (tertiary/aromatic N) is 2. The van der Waals surface area contributed by atoms with Crippen LogP contribution in [0.15, 0.2) is 42.6 Å². The van der Waals surface area contributed by atoms with Crippen molar-refractivity contribution in [1.82, 2.24) is 25.4 Å². The van der Waals surface area contributed by atoms with Crippen LogP contribution in [0.5, 0.6) is 0 Å². The molecule has 3 aliphatic rings. The van der Waals surface area contributed by atoms with E-state index in [1.165, 1.54) is 4.90 Å². The number of amides is 4. The summed E-state index contributed by atoms with van der Waals surface area (Å²) in [6.07, 6.45) is 2.85. The normalized spacial score (nSPS) is 24.9. The zero-order valence-electron chi connectivity index (χ0n) is 21.5. The van der Waals surface area contributed by atoms with Gasteiger partial charge in [0.1, 0.15) is 17.9 Å². The van der Waals surface area contributed by atoms with Crippen molar-refractivity contribution in [2.45, 2.75) is 56.3 Å². The fraction of sp³-hybridized carbons (Fsp3) is 0.500. The maximum absolute atomic E-state index is 14.7. The molecule has 3 N–H and O–H groups in total.